The third kappa shape index (κ3) is 4.66. The second kappa shape index (κ2) is 7.47. The summed E-state index contributed by atoms with van der Waals surface area (Å²) in [6.45, 7) is 8.17. The lowest BCUT2D eigenvalue weighted by Crippen LogP contribution is -2.43. The van der Waals surface area contributed by atoms with E-state index in [0.717, 1.165) is 44.2 Å². The number of hydrogen-bond donors (Lipinski definition) is 0. The summed E-state index contributed by atoms with van der Waals surface area (Å²) in [6, 6.07) is 0.335. The molecule has 4 heteroatoms. The first-order chi connectivity index (χ1) is 9.65. The number of hydrogen-bond acceptors (Lipinski definition) is 3. The van der Waals surface area contributed by atoms with Gasteiger partial charge >= 0.3 is 0 Å². The maximum atomic E-state index is 5.44. The van der Waals surface area contributed by atoms with E-state index in [1.807, 2.05) is 19.4 Å². The number of morpholine rings is 1. The Morgan fingerprint density at radius 3 is 2.65 bits per heavy atom. The number of ether oxygens (including phenoxy) is 1. The van der Waals surface area contributed by atoms with Gasteiger partial charge in [0.2, 0.25) is 0 Å². The van der Waals surface area contributed by atoms with Crippen LogP contribution in [0.5, 0.6) is 0 Å². The van der Waals surface area contributed by atoms with Gasteiger partial charge in [0.05, 0.1) is 31.0 Å². The second-order valence-corrected chi connectivity index (χ2v) is 5.81. The minimum atomic E-state index is 0.335. The Morgan fingerprint density at radius 1 is 1.30 bits per heavy atom. The molecule has 1 saturated heterocycles. The van der Waals surface area contributed by atoms with Gasteiger partial charge in [0.1, 0.15) is 0 Å². The van der Waals surface area contributed by atoms with Gasteiger partial charge in [-0.3, -0.25) is 9.58 Å². The SMILES string of the molecule is CC(C)CCC(C#Cc1cnn(C)c1)N1CCOCC1. The highest BCUT2D eigenvalue weighted by atomic mass is 16.5. The van der Waals surface area contributed by atoms with Crippen molar-refractivity contribution in [1.82, 2.24) is 14.7 Å². The van der Waals surface area contributed by atoms with E-state index in [0.29, 0.717) is 6.04 Å². The van der Waals surface area contributed by atoms with Crippen molar-refractivity contribution >= 4 is 0 Å². The molecule has 0 radical (unpaired) electrons. The zero-order chi connectivity index (χ0) is 14.4. The molecule has 0 amide bonds. The average molecular weight is 275 g/mol. The Kier molecular flexibility index (Phi) is 5.63. The van der Waals surface area contributed by atoms with Gasteiger partial charge in [-0.25, -0.2) is 0 Å². The first kappa shape index (κ1) is 15.1. The van der Waals surface area contributed by atoms with Crippen LogP contribution in [-0.2, 0) is 11.8 Å². The predicted octanol–water partition coefficient (Wildman–Crippen LogP) is 1.91. The molecule has 4 nitrogen and oxygen atoms in total. The van der Waals surface area contributed by atoms with Crippen LogP contribution in [0.2, 0.25) is 0 Å². The van der Waals surface area contributed by atoms with Crippen molar-refractivity contribution in [3.8, 4) is 11.8 Å². The number of rotatable bonds is 4. The standard InChI is InChI=1S/C16H25N3O/c1-14(2)4-6-16(19-8-10-20-11-9-19)7-5-15-12-17-18(3)13-15/h12-14,16H,4,6,8-11H2,1-3H3. The average Bonchev–Trinajstić information content (AvgIpc) is 2.85. The van der Waals surface area contributed by atoms with Crippen molar-refractivity contribution in [1.29, 1.82) is 0 Å². The highest BCUT2D eigenvalue weighted by Gasteiger charge is 2.19. The summed E-state index contributed by atoms with van der Waals surface area (Å²) < 4.78 is 7.23. The summed E-state index contributed by atoms with van der Waals surface area (Å²) in [7, 11) is 1.92. The van der Waals surface area contributed by atoms with Gasteiger partial charge in [0, 0.05) is 26.3 Å². The number of nitrogens with zero attached hydrogens (tertiary/aromatic N) is 3. The highest BCUT2D eigenvalue weighted by molar-refractivity contribution is 5.31. The van der Waals surface area contributed by atoms with Crippen LogP contribution >= 0.6 is 0 Å². The molecular weight excluding hydrogens is 250 g/mol. The first-order valence-corrected chi connectivity index (χ1v) is 7.47. The fourth-order valence-corrected chi connectivity index (χ4v) is 2.38. The third-order valence-electron chi connectivity index (χ3n) is 3.59. The molecule has 1 aromatic heterocycles. The lowest BCUT2D eigenvalue weighted by molar-refractivity contribution is 0.0251. The molecule has 2 heterocycles. The van der Waals surface area contributed by atoms with Gasteiger partial charge in [0.25, 0.3) is 0 Å². The summed E-state index contributed by atoms with van der Waals surface area (Å²) in [6.07, 6.45) is 6.13. The maximum absolute atomic E-state index is 5.44. The van der Waals surface area contributed by atoms with Crippen molar-refractivity contribution in [3.63, 3.8) is 0 Å². The molecule has 0 saturated carbocycles. The van der Waals surface area contributed by atoms with Crippen LogP contribution in [0.1, 0.15) is 32.3 Å². The molecule has 0 aromatic carbocycles. The second-order valence-electron chi connectivity index (χ2n) is 5.81. The molecule has 1 fully saturated rings. The monoisotopic (exact) mass is 275 g/mol. The summed E-state index contributed by atoms with van der Waals surface area (Å²) in [5, 5.41) is 4.16. The van der Waals surface area contributed by atoms with E-state index in [9.17, 15) is 0 Å². The fraction of sp³-hybridized carbons (Fsp3) is 0.688. The van der Waals surface area contributed by atoms with E-state index < -0.39 is 0 Å². The molecule has 1 unspecified atom stereocenters. The van der Waals surface area contributed by atoms with Gasteiger partial charge in [0.15, 0.2) is 0 Å². The summed E-state index contributed by atoms with van der Waals surface area (Å²) in [4.78, 5) is 2.45. The van der Waals surface area contributed by atoms with Crippen LogP contribution in [0.25, 0.3) is 0 Å². The van der Waals surface area contributed by atoms with E-state index in [1.165, 1.54) is 6.42 Å². The van der Waals surface area contributed by atoms with Gasteiger partial charge in [-0.15, -0.1) is 0 Å². The minimum Gasteiger partial charge on any atom is -0.379 e. The molecule has 1 aliphatic heterocycles. The Bertz CT molecular complexity index is 464. The van der Waals surface area contributed by atoms with Crippen LogP contribution in [0.15, 0.2) is 12.4 Å². The topological polar surface area (TPSA) is 30.3 Å². The van der Waals surface area contributed by atoms with Gasteiger partial charge < -0.3 is 4.74 Å². The smallest absolute Gasteiger partial charge is 0.0720 e. The van der Waals surface area contributed by atoms with E-state index in [2.05, 4.69) is 35.7 Å². The molecule has 110 valence electrons. The van der Waals surface area contributed by atoms with Crippen molar-refractivity contribution in [2.45, 2.75) is 32.7 Å². The number of aromatic nitrogens is 2. The molecule has 2 rings (SSSR count). The van der Waals surface area contributed by atoms with Crippen molar-refractivity contribution in [2.75, 3.05) is 26.3 Å². The largest absolute Gasteiger partial charge is 0.379 e. The quantitative estimate of drug-likeness (QED) is 0.786. The Hall–Kier alpha value is -1.31. The predicted molar refractivity (Wildman–Crippen MR) is 80.3 cm³/mol. The highest BCUT2D eigenvalue weighted by Crippen LogP contribution is 2.13. The van der Waals surface area contributed by atoms with Crippen molar-refractivity contribution < 1.29 is 4.74 Å². The summed E-state index contributed by atoms with van der Waals surface area (Å²) >= 11 is 0. The molecule has 0 bridgehead atoms. The third-order valence-corrected chi connectivity index (χ3v) is 3.59. The van der Waals surface area contributed by atoms with Gasteiger partial charge in [-0.1, -0.05) is 25.7 Å². The zero-order valence-electron chi connectivity index (χ0n) is 12.8. The molecule has 1 aromatic rings. The zero-order valence-corrected chi connectivity index (χ0v) is 12.8. The number of aryl methyl sites for hydroxylation is 1. The lowest BCUT2D eigenvalue weighted by Gasteiger charge is -2.31. The fourth-order valence-electron chi connectivity index (χ4n) is 2.38. The Morgan fingerprint density at radius 2 is 2.05 bits per heavy atom. The van der Waals surface area contributed by atoms with Crippen molar-refractivity contribution in [2.24, 2.45) is 13.0 Å². The van der Waals surface area contributed by atoms with E-state index >= 15 is 0 Å². The lowest BCUT2D eigenvalue weighted by atomic mass is 10.0. The van der Waals surface area contributed by atoms with Crippen LogP contribution in [0.4, 0.5) is 0 Å². The molecule has 0 spiro atoms. The van der Waals surface area contributed by atoms with Crippen LogP contribution in [0.3, 0.4) is 0 Å². The Balaban J connectivity index is 2.03. The summed E-state index contributed by atoms with van der Waals surface area (Å²) in [5.74, 6) is 7.43. The maximum Gasteiger partial charge on any atom is 0.0720 e. The van der Waals surface area contributed by atoms with Crippen LogP contribution in [-0.4, -0.2) is 47.0 Å². The minimum absolute atomic E-state index is 0.335. The van der Waals surface area contributed by atoms with E-state index in [4.69, 9.17) is 4.74 Å². The summed E-state index contributed by atoms with van der Waals surface area (Å²) in [5.41, 5.74) is 0.996. The molecule has 20 heavy (non-hydrogen) atoms. The van der Waals surface area contributed by atoms with E-state index in [1.54, 1.807) is 4.68 Å². The molecule has 0 aliphatic carbocycles. The van der Waals surface area contributed by atoms with E-state index in [-0.39, 0.29) is 0 Å². The van der Waals surface area contributed by atoms with Crippen LogP contribution in [0, 0.1) is 17.8 Å². The van der Waals surface area contributed by atoms with Gasteiger partial charge in [-0.2, -0.15) is 5.10 Å². The molecule has 1 aliphatic rings. The first-order valence-electron chi connectivity index (χ1n) is 7.47. The normalized spacial score (nSPS) is 17.8. The molecule has 0 N–H and O–H groups in total. The molecule has 1 atom stereocenters. The van der Waals surface area contributed by atoms with Gasteiger partial charge in [-0.05, 0) is 18.8 Å². The Labute approximate surface area is 122 Å². The van der Waals surface area contributed by atoms with Crippen LogP contribution < -0.4 is 0 Å². The molecular formula is C16H25N3O. The van der Waals surface area contributed by atoms with Crippen molar-refractivity contribution in [3.05, 3.63) is 18.0 Å².